The molecule has 1 aromatic carbocycles. The van der Waals surface area contributed by atoms with Crippen LogP contribution in [0.2, 0.25) is 0 Å². The second kappa shape index (κ2) is 6.22. The number of hydrogen-bond donors (Lipinski definition) is 1. The SMILES string of the molecule is O=C(N[C@H]1CCN(c2ccc(Br)cc2)C1)c1ccnnc1. The molecule has 0 spiro atoms. The van der Waals surface area contributed by atoms with E-state index in [1.807, 2.05) is 12.1 Å². The fraction of sp³-hybridized carbons (Fsp3) is 0.267. The van der Waals surface area contributed by atoms with Crippen LogP contribution in [0.25, 0.3) is 0 Å². The van der Waals surface area contributed by atoms with Gasteiger partial charge in [-0.15, -0.1) is 0 Å². The van der Waals surface area contributed by atoms with Crippen molar-refractivity contribution in [2.45, 2.75) is 12.5 Å². The van der Waals surface area contributed by atoms with Gasteiger partial charge in [0.05, 0.1) is 18.0 Å². The Morgan fingerprint density at radius 3 is 2.76 bits per heavy atom. The van der Waals surface area contributed by atoms with E-state index in [-0.39, 0.29) is 11.9 Å². The molecule has 1 aliphatic heterocycles. The average molecular weight is 347 g/mol. The fourth-order valence-electron chi connectivity index (χ4n) is 2.46. The number of aromatic nitrogens is 2. The predicted molar refractivity (Wildman–Crippen MR) is 84.3 cm³/mol. The first kappa shape index (κ1) is 14.0. The number of nitrogens with one attached hydrogen (secondary N) is 1. The van der Waals surface area contributed by atoms with Gasteiger partial charge in [0.1, 0.15) is 0 Å². The first-order chi connectivity index (χ1) is 10.2. The van der Waals surface area contributed by atoms with Crippen LogP contribution in [0, 0.1) is 0 Å². The number of hydrogen-bond acceptors (Lipinski definition) is 4. The Kier molecular flexibility index (Phi) is 4.15. The van der Waals surface area contributed by atoms with Gasteiger partial charge in [-0.2, -0.15) is 10.2 Å². The highest BCUT2D eigenvalue weighted by molar-refractivity contribution is 9.10. The highest BCUT2D eigenvalue weighted by atomic mass is 79.9. The molecule has 1 saturated heterocycles. The monoisotopic (exact) mass is 346 g/mol. The number of nitrogens with zero attached hydrogens (tertiary/aromatic N) is 3. The van der Waals surface area contributed by atoms with E-state index in [0.717, 1.165) is 24.0 Å². The quantitative estimate of drug-likeness (QED) is 0.925. The van der Waals surface area contributed by atoms with E-state index >= 15 is 0 Å². The van der Waals surface area contributed by atoms with Gasteiger partial charge in [-0.25, -0.2) is 0 Å². The van der Waals surface area contributed by atoms with E-state index in [9.17, 15) is 4.79 Å². The van der Waals surface area contributed by atoms with Crippen LogP contribution in [0.5, 0.6) is 0 Å². The molecule has 3 rings (SSSR count). The van der Waals surface area contributed by atoms with Crippen molar-refractivity contribution in [3.05, 3.63) is 52.8 Å². The number of carbonyl (C=O) groups excluding carboxylic acids is 1. The highest BCUT2D eigenvalue weighted by Gasteiger charge is 2.24. The predicted octanol–water partition coefficient (Wildman–Crippen LogP) is 2.25. The number of rotatable bonds is 3. The summed E-state index contributed by atoms with van der Waals surface area (Å²) in [6.07, 6.45) is 3.95. The van der Waals surface area contributed by atoms with Crippen molar-refractivity contribution in [2.24, 2.45) is 0 Å². The van der Waals surface area contributed by atoms with E-state index in [2.05, 4.69) is 48.5 Å². The zero-order valence-electron chi connectivity index (χ0n) is 11.4. The third-order valence-corrected chi connectivity index (χ3v) is 4.09. The maximum Gasteiger partial charge on any atom is 0.253 e. The van der Waals surface area contributed by atoms with Crippen molar-refractivity contribution in [3.63, 3.8) is 0 Å². The summed E-state index contributed by atoms with van der Waals surface area (Å²) in [4.78, 5) is 14.4. The van der Waals surface area contributed by atoms with Crippen LogP contribution in [-0.2, 0) is 0 Å². The molecule has 2 aromatic rings. The normalized spacial score (nSPS) is 17.8. The molecule has 2 heterocycles. The van der Waals surface area contributed by atoms with Gasteiger partial charge in [-0.05, 0) is 36.8 Å². The van der Waals surface area contributed by atoms with Crippen LogP contribution in [0.1, 0.15) is 16.8 Å². The second-order valence-corrected chi connectivity index (χ2v) is 5.93. The molecule has 0 saturated carbocycles. The Balaban J connectivity index is 1.60. The molecule has 1 fully saturated rings. The summed E-state index contributed by atoms with van der Waals surface area (Å²) in [5, 5.41) is 10.5. The summed E-state index contributed by atoms with van der Waals surface area (Å²) in [7, 11) is 0. The number of amides is 1. The molecule has 0 bridgehead atoms. The Morgan fingerprint density at radius 1 is 1.24 bits per heavy atom. The third kappa shape index (κ3) is 3.39. The van der Waals surface area contributed by atoms with Crippen molar-refractivity contribution in [2.75, 3.05) is 18.0 Å². The lowest BCUT2D eigenvalue weighted by atomic mass is 10.2. The molecular weight excluding hydrogens is 332 g/mol. The van der Waals surface area contributed by atoms with Crippen LogP contribution in [0.3, 0.4) is 0 Å². The first-order valence-corrected chi connectivity index (χ1v) is 7.60. The van der Waals surface area contributed by atoms with Crippen molar-refractivity contribution in [1.82, 2.24) is 15.5 Å². The molecule has 5 nitrogen and oxygen atoms in total. The Bertz CT molecular complexity index is 617. The van der Waals surface area contributed by atoms with E-state index in [4.69, 9.17) is 0 Å². The van der Waals surface area contributed by atoms with Gasteiger partial charge in [0.15, 0.2) is 0 Å². The van der Waals surface area contributed by atoms with Crippen molar-refractivity contribution < 1.29 is 4.79 Å². The van der Waals surface area contributed by atoms with Crippen molar-refractivity contribution >= 4 is 27.5 Å². The topological polar surface area (TPSA) is 58.1 Å². The maximum atomic E-state index is 12.1. The molecule has 0 unspecified atom stereocenters. The molecule has 1 aliphatic rings. The maximum absolute atomic E-state index is 12.1. The van der Waals surface area contributed by atoms with Gasteiger partial charge in [0.2, 0.25) is 0 Å². The molecule has 0 radical (unpaired) electrons. The Morgan fingerprint density at radius 2 is 2.05 bits per heavy atom. The van der Waals surface area contributed by atoms with Gasteiger partial charge in [0, 0.05) is 29.3 Å². The summed E-state index contributed by atoms with van der Waals surface area (Å²) in [5.74, 6) is -0.0902. The lowest BCUT2D eigenvalue weighted by molar-refractivity contribution is 0.0940. The Hall–Kier alpha value is -1.95. The molecule has 108 valence electrons. The van der Waals surface area contributed by atoms with Crippen LogP contribution in [0.15, 0.2) is 47.2 Å². The average Bonchev–Trinajstić information content (AvgIpc) is 2.97. The largest absolute Gasteiger partial charge is 0.369 e. The summed E-state index contributed by atoms with van der Waals surface area (Å²) < 4.78 is 1.07. The van der Waals surface area contributed by atoms with Crippen LogP contribution < -0.4 is 10.2 Å². The lowest BCUT2D eigenvalue weighted by Crippen LogP contribution is -2.37. The van der Waals surface area contributed by atoms with Crippen LogP contribution >= 0.6 is 15.9 Å². The van der Waals surface area contributed by atoms with Gasteiger partial charge < -0.3 is 10.2 Å². The summed E-state index contributed by atoms with van der Waals surface area (Å²) in [6.45, 7) is 1.77. The van der Waals surface area contributed by atoms with Gasteiger partial charge in [0.25, 0.3) is 5.91 Å². The Labute approximate surface area is 131 Å². The van der Waals surface area contributed by atoms with Gasteiger partial charge in [-0.1, -0.05) is 15.9 Å². The van der Waals surface area contributed by atoms with E-state index < -0.39 is 0 Å². The summed E-state index contributed by atoms with van der Waals surface area (Å²) in [5.41, 5.74) is 1.73. The number of benzene rings is 1. The van der Waals surface area contributed by atoms with Crippen LogP contribution in [-0.4, -0.2) is 35.2 Å². The second-order valence-electron chi connectivity index (χ2n) is 5.01. The molecular formula is C15H15BrN4O. The molecule has 1 amide bonds. The molecule has 21 heavy (non-hydrogen) atoms. The van der Waals surface area contributed by atoms with Gasteiger partial charge >= 0.3 is 0 Å². The third-order valence-electron chi connectivity index (χ3n) is 3.56. The molecule has 0 aliphatic carbocycles. The van der Waals surface area contributed by atoms with E-state index in [1.54, 1.807) is 6.07 Å². The molecule has 1 atom stereocenters. The standard InChI is InChI=1S/C15H15BrN4O/c16-12-1-3-14(4-2-12)20-8-6-13(10-20)19-15(21)11-5-7-17-18-9-11/h1-5,7,9,13H,6,8,10H2,(H,19,21)/t13-/m0/s1. The fourth-order valence-corrected chi connectivity index (χ4v) is 2.72. The van der Waals surface area contributed by atoms with Crippen molar-refractivity contribution in [1.29, 1.82) is 0 Å². The van der Waals surface area contributed by atoms with E-state index in [0.29, 0.717) is 5.56 Å². The number of carbonyl (C=O) groups is 1. The van der Waals surface area contributed by atoms with E-state index in [1.165, 1.54) is 18.1 Å². The summed E-state index contributed by atoms with van der Waals surface area (Å²) >= 11 is 3.44. The minimum Gasteiger partial charge on any atom is -0.369 e. The zero-order valence-corrected chi connectivity index (χ0v) is 13.0. The first-order valence-electron chi connectivity index (χ1n) is 6.80. The lowest BCUT2D eigenvalue weighted by Gasteiger charge is -2.19. The minimum absolute atomic E-state index is 0.0902. The molecule has 1 aromatic heterocycles. The number of halogens is 1. The van der Waals surface area contributed by atoms with Gasteiger partial charge in [-0.3, -0.25) is 4.79 Å². The van der Waals surface area contributed by atoms with Crippen LogP contribution in [0.4, 0.5) is 5.69 Å². The zero-order chi connectivity index (χ0) is 14.7. The smallest absolute Gasteiger partial charge is 0.253 e. The molecule has 6 heteroatoms. The van der Waals surface area contributed by atoms with Crippen molar-refractivity contribution in [3.8, 4) is 0 Å². The highest BCUT2D eigenvalue weighted by Crippen LogP contribution is 2.22. The number of anilines is 1. The summed E-state index contributed by atoms with van der Waals surface area (Å²) in [6, 6.07) is 10.1. The molecule has 1 N–H and O–H groups in total. The minimum atomic E-state index is -0.0902.